The van der Waals surface area contributed by atoms with Crippen molar-refractivity contribution in [1.29, 1.82) is 0 Å². The summed E-state index contributed by atoms with van der Waals surface area (Å²) in [7, 11) is 1.52. The lowest BCUT2D eigenvalue weighted by Gasteiger charge is -2.09. The van der Waals surface area contributed by atoms with Crippen molar-refractivity contribution in [3.05, 3.63) is 71.8 Å². The van der Waals surface area contributed by atoms with Crippen LogP contribution in [0, 0.1) is 0 Å². The van der Waals surface area contributed by atoms with Gasteiger partial charge in [-0.3, -0.25) is 0 Å². The number of ether oxygens (including phenoxy) is 2. The summed E-state index contributed by atoms with van der Waals surface area (Å²) in [5.41, 5.74) is 2.19. The largest absolute Gasteiger partial charge is 0.496 e. The maximum absolute atomic E-state index is 12.1. The zero-order chi connectivity index (χ0) is 14.4. The predicted octanol–water partition coefficient (Wildman–Crippen LogP) is 3.70. The lowest BCUT2D eigenvalue weighted by Crippen LogP contribution is -2.07. The van der Waals surface area contributed by atoms with E-state index >= 15 is 0 Å². The van der Waals surface area contributed by atoms with Crippen molar-refractivity contribution < 1.29 is 14.3 Å². The number of rotatable bonds is 5. The smallest absolute Gasteiger partial charge is 0.342 e. The molecule has 0 aliphatic carbocycles. The molecule has 0 fully saturated rings. The second-order valence-corrected chi connectivity index (χ2v) is 4.23. The fraction of sp³-hybridized carbons (Fsp3) is 0.118. The van der Waals surface area contributed by atoms with Crippen LogP contribution in [0.2, 0.25) is 0 Å². The van der Waals surface area contributed by atoms with Gasteiger partial charge in [-0.15, -0.1) is 0 Å². The van der Waals surface area contributed by atoms with Gasteiger partial charge in [-0.25, -0.2) is 4.79 Å². The van der Waals surface area contributed by atoms with Crippen LogP contribution in [0.4, 0.5) is 0 Å². The Kier molecular flexibility index (Phi) is 4.56. The van der Waals surface area contributed by atoms with E-state index in [0.29, 0.717) is 11.3 Å². The van der Waals surface area contributed by atoms with Crippen LogP contribution >= 0.6 is 0 Å². The van der Waals surface area contributed by atoms with Crippen molar-refractivity contribution in [2.75, 3.05) is 7.11 Å². The molecule has 3 nitrogen and oxygen atoms in total. The van der Waals surface area contributed by atoms with Gasteiger partial charge in [0.2, 0.25) is 0 Å². The zero-order valence-corrected chi connectivity index (χ0v) is 11.3. The summed E-state index contributed by atoms with van der Waals surface area (Å²) in [6.07, 6.45) is 1.67. The molecule has 0 saturated heterocycles. The average Bonchev–Trinajstić information content (AvgIpc) is 2.52. The number of carbonyl (C=O) groups is 1. The normalized spacial score (nSPS) is 9.85. The van der Waals surface area contributed by atoms with Crippen LogP contribution < -0.4 is 4.74 Å². The monoisotopic (exact) mass is 268 g/mol. The Morgan fingerprint density at radius 2 is 1.95 bits per heavy atom. The van der Waals surface area contributed by atoms with Crippen LogP contribution in [-0.2, 0) is 11.3 Å². The second kappa shape index (κ2) is 6.57. The number of hydrogen-bond acceptors (Lipinski definition) is 3. The van der Waals surface area contributed by atoms with Gasteiger partial charge in [0, 0.05) is 0 Å². The highest BCUT2D eigenvalue weighted by atomic mass is 16.5. The molecule has 3 heteroatoms. The first-order chi connectivity index (χ1) is 9.74. The van der Waals surface area contributed by atoms with Crippen LogP contribution in [0.1, 0.15) is 21.5 Å². The first kappa shape index (κ1) is 13.9. The zero-order valence-electron chi connectivity index (χ0n) is 11.3. The molecule has 102 valence electrons. The van der Waals surface area contributed by atoms with E-state index in [9.17, 15) is 4.79 Å². The highest BCUT2D eigenvalue weighted by Crippen LogP contribution is 2.21. The first-order valence-corrected chi connectivity index (χ1v) is 6.26. The average molecular weight is 268 g/mol. The van der Waals surface area contributed by atoms with Crippen molar-refractivity contribution >= 4 is 12.0 Å². The number of carbonyl (C=O) groups excluding carboxylic acids is 1. The van der Waals surface area contributed by atoms with Gasteiger partial charge < -0.3 is 9.47 Å². The Balaban J connectivity index is 2.14. The molecular formula is C17H16O3. The van der Waals surface area contributed by atoms with Gasteiger partial charge in [-0.05, 0) is 23.3 Å². The Morgan fingerprint density at radius 1 is 1.20 bits per heavy atom. The van der Waals surface area contributed by atoms with Gasteiger partial charge in [-0.1, -0.05) is 49.1 Å². The van der Waals surface area contributed by atoms with Gasteiger partial charge in [0.05, 0.1) is 7.11 Å². The van der Waals surface area contributed by atoms with E-state index in [1.54, 1.807) is 18.2 Å². The highest BCUT2D eigenvalue weighted by molar-refractivity contribution is 5.93. The van der Waals surface area contributed by atoms with Crippen molar-refractivity contribution in [2.45, 2.75) is 6.61 Å². The molecule has 0 aromatic heterocycles. The lowest BCUT2D eigenvalue weighted by molar-refractivity contribution is 0.0469. The van der Waals surface area contributed by atoms with Gasteiger partial charge in [0.1, 0.15) is 17.9 Å². The highest BCUT2D eigenvalue weighted by Gasteiger charge is 2.14. The van der Waals surface area contributed by atoms with Gasteiger partial charge >= 0.3 is 5.97 Å². The van der Waals surface area contributed by atoms with Crippen LogP contribution in [-0.4, -0.2) is 13.1 Å². The van der Waals surface area contributed by atoms with Crippen LogP contribution in [0.25, 0.3) is 6.08 Å². The molecule has 0 spiro atoms. The van der Waals surface area contributed by atoms with E-state index in [-0.39, 0.29) is 6.61 Å². The van der Waals surface area contributed by atoms with Crippen LogP contribution in [0.3, 0.4) is 0 Å². The molecule has 0 atom stereocenters. The summed E-state index contributed by atoms with van der Waals surface area (Å²) in [6, 6.07) is 14.8. The van der Waals surface area contributed by atoms with Crippen LogP contribution in [0.15, 0.2) is 55.1 Å². The molecule has 20 heavy (non-hydrogen) atoms. The predicted molar refractivity (Wildman–Crippen MR) is 78.6 cm³/mol. The molecule has 0 amide bonds. The fourth-order valence-corrected chi connectivity index (χ4v) is 1.81. The Morgan fingerprint density at radius 3 is 2.60 bits per heavy atom. The van der Waals surface area contributed by atoms with E-state index in [2.05, 4.69) is 6.58 Å². The van der Waals surface area contributed by atoms with E-state index in [1.807, 2.05) is 36.4 Å². The maximum Gasteiger partial charge on any atom is 0.342 e. The van der Waals surface area contributed by atoms with Crippen molar-refractivity contribution in [3.8, 4) is 5.75 Å². The van der Waals surface area contributed by atoms with Crippen LogP contribution in [0.5, 0.6) is 5.75 Å². The third kappa shape index (κ3) is 3.26. The van der Waals surface area contributed by atoms with E-state index in [4.69, 9.17) is 9.47 Å². The number of hydrogen-bond donors (Lipinski definition) is 0. The number of methoxy groups -OCH3 is 1. The summed E-state index contributed by atoms with van der Waals surface area (Å²) in [6.45, 7) is 3.92. The van der Waals surface area contributed by atoms with Crippen molar-refractivity contribution in [2.24, 2.45) is 0 Å². The maximum atomic E-state index is 12.1. The Labute approximate surface area is 118 Å². The van der Waals surface area contributed by atoms with Crippen molar-refractivity contribution in [3.63, 3.8) is 0 Å². The molecule has 0 heterocycles. The molecule has 0 unspecified atom stereocenters. The SMILES string of the molecule is C=Cc1ccc(OC)c(C(=O)OCc2ccccc2)c1. The van der Waals surface area contributed by atoms with E-state index < -0.39 is 5.97 Å². The molecule has 2 aromatic carbocycles. The standard InChI is InChI=1S/C17H16O3/c1-3-13-9-10-16(19-2)15(11-13)17(18)20-12-14-7-5-4-6-8-14/h3-11H,1,12H2,2H3. The Bertz CT molecular complexity index is 603. The van der Waals surface area contributed by atoms with Gasteiger partial charge in [0.15, 0.2) is 0 Å². The molecule has 0 radical (unpaired) electrons. The molecule has 2 rings (SSSR count). The molecular weight excluding hydrogens is 252 g/mol. The quantitative estimate of drug-likeness (QED) is 0.776. The van der Waals surface area contributed by atoms with Crippen molar-refractivity contribution in [1.82, 2.24) is 0 Å². The van der Waals surface area contributed by atoms with Gasteiger partial charge in [-0.2, -0.15) is 0 Å². The first-order valence-electron chi connectivity index (χ1n) is 6.26. The molecule has 0 N–H and O–H groups in total. The topological polar surface area (TPSA) is 35.5 Å². The minimum absolute atomic E-state index is 0.237. The lowest BCUT2D eigenvalue weighted by atomic mass is 10.1. The summed E-state index contributed by atoms with van der Waals surface area (Å²) >= 11 is 0. The summed E-state index contributed by atoms with van der Waals surface area (Å²) in [5.74, 6) is 0.0862. The fourth-order valence-electron chi connectivity index (χ4n) is 1.81. The third-order valence-corrected chi connectivity index (χ3v) is 2.89. The summed E-state index contributed by atoms with van der Waals surface area (Å²) in [5, 5.41) is 0. The van der Waals surface area contributed by atoms with E-state index in [1.165, 1.54) is 7.11 Å². The molecule has 0 aliphatic heterocycles. The minimum Gasteiger partial charge on any atom is -0.496 e. The Hall–Kier alpha value is -2.55. The minimum atomic E-state index is -0.408. The summed E-state index contributed by atoms with van der Waals surface area (Å²) < 4.78 is 10.5. The third-order valence-electron chi connectivity index (χ3n) is 2.89. The molecule has 0 saturated carbocycles. The molecule has 0 aliphatic rings. The number of benzene rings is 2. The van der Waals surface area contributed by atoms with E-state index in [0.717, 1.165) is 11.1 Å². The summed E-state index contributed by atoms with van der Waals surface area (Å²) in [4.78, 5) is 12.1. The molecule has 0 bridgehead atoms. The second-order valence-electron chi connectivity index (χ2n) is 4.23. The number of esters is 1. The van der Waals surface area contributed by atoms with Gasteiger partial charge in [0.25, 0.3) is 0 Å². The molecule has 2 aromatic rings.